The summed E-state index contributed by atoms with van der Waals surface area (Å²) in [4.78, 5) is 11.8. The molecule has 1 saturated heterocycles. The number of ether oxygens (including phenoxy) is 2. The Balaban J connectivity index is 0.00000320. The lowest BCUT2D eigenvalue weighted by Crippen LogP contribution is -2.41. The average Bonchev–Trinajstić information content (AvgIpc) is 3.16. The monoisotopic (exact) mass is 544 g/mol. The van der Waals surface area contributed by atoms with Gasteiger partial charge in [0.15, 0.2) is 5.96 Å². The number of benzene rings is 1. The molecule has 2 heterocycles. The molecule has 0 spiro atoms. The number of aliphatic imine (C=N–C) groups is 1. The van der Waals surface area contributed by atoms with E-state index in [0.29, 0.717) is 0 Å². The third-order valence-corrected chi connectivity index (χ3v) is 6.27. The van der Waals surface area contributed by atoms with Gasteiger partial charge in [-0.3, -0.25) is 4.99 Å². The number of halogens is 1. The van der Waals surface area contributed by atoms with Gasteiger partial charge >= 0.3 is 0 Å². The molecule has 2 aromatic rings. The first-order valence-electron chi connectivity index (χ1n) is 10.2. The fourth-order valence-electron chi connectivity index (χ4n) is 3.74. The second-order valence-corrected chi connectivity index (χ2v) is 8.57. The molecule has 0 bridgehead atoms. The van der Waals surface area contributed by atoms with Crippen molar-refractivity contribution in [2.24, 2.45) is 4.99 Å². The summed E-state index contributed by atoms with van der Waals surface area (Å²) in [6, 6.07) is 8.43. The van der Waals surface area contributed by atoms with Crippen LogP contribution in [0.1, 0.15) is 36.0 Å². The predicted octanol–water partition coefficient (Wildman–Crippen LogP) is 4.22. The highest BCUT2D eigenvalue weighted by molar-refractivity contribution is 14.0. The van der Waals surface area contributed by atoms with E-state index in [1.807, 2.05) is 19.1 Å². The zero-order valence-corrected chi connectivity index (χ0v) is 21.5. The van der Waals surface area contributed by atoms with Crippen LogP contribution in [-0.4, -0.2) is 56.3 Å². The molecule has 0 unspecified atom stereocenters. The van der Waals surface area contributed by atoms with E-state index in [2.05, 4.69) is 46.7 Å². The number of guanidine groups is 1. The van der Waals surface area contributed by atoms with E-state index >= 15 is 0 Å². The summed E-state index contributed by atoms with van der Waals surface area (Å²) in [5.41, 5.74) is 2.37. The van der Waals surface area contributed by atoms with Gasteiger partial charge in [-0.05, 0) is 44.4 Å². The normalized spacial score (nSPS) is 15.9. The highest BCUT2D eigenvalue weighted by Crippen LogP contribution is 2.36. The molecule has 3 rings (SSSR count). The van der Waals surface area contributed by atoms with Gasteiger partial charge in [0.25, 0.3) is 0 Å². The van der Waals surface area contributed by atoms with E-state index in [0.717, 1.165) is 68.1 Å². The van der Waals surface area contributed by atoms with Gasteiger partial charge in [0.2, 0.25) is 0 Å². The van der Waals surface area contributed by atoms with Gasteiger partial charge in [0, 0.05) is 37.6 Å². The van der Waals surface area contributed by atoms with Crippen molar-refractivity contribution in [2.75, 3.05) is 40.5 Å². The summed E-state index contributed by atoms with van der Waals surface area (Å²) in [6.45, 7) is 7.98. The third-order valence-electron chi connectivity index (χ3n) is 5.45. The molecule has 1 N–H and O–H groups in total. The van der Waals surface area contributed by atoms with Crippen LogP contribution >= 0.6 is 35.3 Å². The van der Waals surface area contributed by atoms with Gasteiger partial charge in [0.05, 0.1) is 30.9 Å². The lowest BCUT2D eigenvalue weighted by atomic mass is 9.74. The van der Waals surface area contributed by atoms with Gasteiger partial charge < -0.3 is 19.7 Å². The minimum absolute atomic E-state index is 0. The zero-order valence-electron chi connectivity index (χ0n) is 18.3. The van der Waals surface area contributed by atoms with Crippen molar-refractivity contribution in [3.8, 4) is 5.75 Å². The molecule has 30 heavy (non-hydrogen) atoms. The van der Waals surface area contributed by atoms with Crippen molar-refractivity contribution in [2.45, 2.75) is 38.6 Å². The second kappa shape index (κ2) is 11.9. The van der Waals surface area contributed by atoms with Crippen molar-refractivity contribution in [3.05, 3.63) is 45.9 Å². The number of rotatable bonds is 7. The quantitative estimate of drug-likeness (QED) is 0.322. The Bertz CT molecular complexity index is 804. The molecule has 0 radical (unpaired) electrons. The number of thiazole rings is 1. The van der Waals surface area contributed by atoms with Crippen molar-refractivity contribution in [3.63, 3.8) is 0 Å². The van der Waals surface area contributed by atoms with Crippen molar-refractivity contribution >= 4 is 41.3 Å². The van der Waals surface area contributed by atoms with E-state index in [1.165, 1.54) is 5.56 Å². The average molecular weight is 545 g/mol. The number of aryl methyl sites for hydroxylation is 1. The lowest BCUT2D eigenvalue weighted by molar-refractivity contribution is 0.0530. The predicted molar refractivity (Wildman–Crippen MR) is 134 cm³/mol. The molecule has 0 atom stereocenters. The van der Waals surface area contributed by atoms with Crippen LogP contribution in [0.4, 0.5) is 0 Å². The Hall–Kier alpha value is -1.39. The largest absolute Gasteiger partial charge is 0.497 e. The van der Waals surface area contributed by atoms with Crippen LogP contribution in [0.3, 0.4) is 0 Å². The minimum Gasteiger partial charge on any atom is -0.497 e. The molecule has 0 aliphatic carbocycles. The molecule has 6 nitrogen and oxygen atoms in total. The maximum Gasteiger partial charge on any atom is 0.194 e. The molecule has 1 aromatic carbocycles. The fraction of sp³-hybridized carbons (Fsp3) is 0.545. The number of aromatic nitrogens is 1. The van der Waals surface area contributed by atoms with Crippen molar-refractivity contribution < 1.29 is 9.47 Å². The molecule has 1 aromatic heterocycles. The van der Waals surface area contributed by atoms with Gasteiger partial charge in [0.1, 0.15) is 5.75 Å². The first-order chi connectivity index (χ1) is 14.1. The molecule has 166 valence electrons. The molecule has 1 aliphatic heterocycles. The van der Waals surface area contributed by atoms with Crippen LogP contribution in [0.5, 0.6) is 5.75 Å². The zero-order chi connectivity index (χ0) is 20.7. The Labute approximate surface area is 201 Å². The highest BCUT2D eigenvalue weighted by atomic mass is 127. The SMILES string of the molecule is CCNC(=NCC1(c2ccc(OC)cc2)CCOCC1)N(C)Cc1csc(C)n1.I. The number of nitrogens with one attached hydrogen (secondary N) is 1. The Kier molecular flexibility index (Phi) is 9.83. The van der Waals surface area contributed by atoms with Crippen LogP contribution < -0.4 is 10.1 Å². The van der Waals surface area contributed by atoms with Gasteiger partial charge in [-0.2, -0.15) is 0 Å². The number of hydrogen-bond donors (Lipinski definition) is 1. The second-order valence-electron chi connectivity index (χ2n) is 7.51. The summed E-state index contributed by atoms with van der Waals surface area (Å²) in [5.74, 6) is 1.80. The lowest BCUT2D eigenvalue weighted by Gasteiger charge is -2.37. The van der Waals surface area contributed by atoms with Crippen molar-refractivity contribution in [1.29, 1.82) is 0 Å². The highest BCUT2D eigenvalue weighted by Gasteiger charge is 2.34. The Morgan fingerprint density at radius 1 is 1.30 bits per heavy atom. The summed E-state index contributed by atoms with van der Waals surface area (Å²) in [6.07, 6.45) is 1.94. The maximum absolute atomic E-state index is 5.67. The fourth-order valence-corrected chi connectivity index (χ4v) is 4.34. The summed E-state index contributed by atoms with van der Waals surface area (Å²) < 4.78 is 11.0. The first kappa shape index (κ1) is 24.9. The molecule has 0 saturated carbocycles. The molecule has 1 fully saturated rings. The number of methoxy groups -OCH3 is 1. The van der Waals surface area contributed by atoms with Crippen LogP contribution in [0.25, 0.3) is 0 Å². The van der Waals surface area contributed by atoms with Gasteiger partial charge in [-0.25, -0.2) is 4.98 Å². The summed E-state index contributed by atoms with van der Waals surface area (Å²) in [5, 5.41) is 6.65. The summed E-state index contributed by atoms with van der Waals surface area (Å²) >= 11 is 1.68. The summed E-state index contributed by atoms with van der Waals surface area (Å²) in [7, 11) is 3.77. The third kappa shape index (κ3) is 6.31. The van der Waals surface area contributed by atoms with Crippen LogP contribution in [0.2, 0.25) is 0 Å². The molecular formula is C22H33IN4O2S. The van der Waals surface area contributed by atoms with E-state index in [9.17, 15) is 0 Å². The van der Waals surface area contributed by atoms with Gasteiger partial charge in [-0.1, -0.05) is 12.1 Å². The number of nitrogens with zero attached hydrogens (tertiary/aromatic N) is 3. The van der Waals surface area contributed by atoms with E-state index in [1.54, 1.807) is 18.4 Å². The number of hydrogen-bond acceptors (Lipinski definition) is 5. The maximum atomic E-state index is 5.67. The van der Waals surface area contributed by atoms with E-state index < -0.39 is 0 Å². The van der Waals surface area contributed by atoms with E-state index in [4.69, 9.17) is 14.5 Å². The standard InChI is InChI=1S/C22H32N4O2S.HI/c1-5-23-21(26(3)14-19-15-29-17(2)25-19)24-16-22(10-12-28-13-11-22)18-6-8-20(27-4)9-7-18;/h6-9,15H,5,10-14,16H2,1-4H3,(H,23,24);1H. The Morgan fingerprint density at radius 3 is 2.57 bits per heavy atom. The minimum atomic E-state index is -0.0107. The smallest absolute Gasteiger partial charge is 0.194 e. The van der Waals surface area contributed by atoms with Crippen LogP contribution in [0.15, 0.2) is 34.6 Å². The van der Waals surface area contributed by atoms with Crippen molar-refractivity contribution in [1.82, 2.24) is 15.2 Å². The van der Waals surface area contributed by atoms with Crippen LogP contribution in [0, 0.1) is 6.92 Å². The Morgan fingerprint density at radius 2 is 2.00 bits per heavy atom. The molecule has 1 aliphatic rings. The molecule has 8 heteroatoms. The molecular weight excluding hydrogens is 511 g/mol. The van der Waals surface area contributed by atoms with E-state index in [-0.39, 0.29) is 29.4 Å². The first-order valence-corrected chi connectivity index (χ1v) is 11.1. The topological polar surface area (TPSA) is 59.0 Å². The molecule has 0 amide bonds. The van der Waals surface area contributed by atoms with Crippen LogP contribution in [-0.2, 0) is 16.7 Å². The van der Waals surface area contributed by atoms with Gasteiger partial charge in [-0.15, -0.1) is 35.3 Å².